The summed E-state index contributed by atoms with van der Waals surface area (Å²) in [4.78, 5) is 2.60. The van der Waals surface area contributed by atoms with Gasteiger partial charge in [-0.15, -0.1) is 0 Å². The zero-order valence-corrected chi connectivity index (χ0v) is 18.0. The van der Waals surface area contributed by atoms with E-state index in [4.69, 9.17) is 9.47 Å². The Labute approximate surface area is 185 Å². The first-order valence-electron chi connectivity index (χ1n) is 11.5. The molecule has 3 aromatic rings. The maximum atomic E-state index is 6.93. The molecule has 31 heavy (non-hydrogen) atoms. The molecule has 0 spiro atoms. The van der Waals surface area contributed by atoms with Gasteiger partial charge in [-0.3, -0.25) is 4.90 Å². The Kier molecular flexibility index (Phi) is 6.17. The van der Waals surface area contributed by atoms with Gasteiger partial charge in [0, 0.05) is 25.7 Å². The SMILES string of the molecule is c1ccc(C(OCC[C@@H]2C[C@H]2N2CCOCC2)(c2ccccc2)c2ccccc2)cc1. The Morgan fingerprint density at radius 3 is 1.71 bits per heavy atom. The first-order valence-corrected chi connectivity index (χ1v) is 11.5. The van der Waals surface area contributed by atoms with E-state index in [0.29, 0.717) is 6.04 Å². The van der Waals surface area contributed by atoms with Crippen LogP contribution in [0.2, 0.25) is 0 Å². The van der Waals surface area contributed by atoms with Crippen LogP contribution in [0.15, 0.2) is 91.0 Å². The molecule has 1 aliphatic carbocycles. The molecule has 160 valence electrons. The number of benzene rings is 3. The summed E-state index contributed by atoms with van der Waals surface area (Å²) >= 11 is 0. The van der Waals surface area contributed by atoms with Crippen LogP contribution in [0.5, 0.6) is 0 Å². The second kappa shape index (κ2) is 9.35. The standard InChI is InChI=1S/C28H31NO2/c1-4-10-24(11-5-1)28(25-12-6-2-7-13-25,26-14-8-3-9-15-26)31-19-16-23-22-27(23)29-17-20-30-21-18-29/h1-15,23,27H,16-22H2/t23-,27-/m1/s1. The van der Waals surface area contributed by atoms with Gasteiger partial charge in [-0.2, -0.15) is 0 Å². The number of nitrogens with zero attached hydrogens (tertiary/aromatic N) is 1. The van der Waals surface area contributed by atoms with Gasteiger partial charge in [0.15, 0.2) is 0 Å². The topological polar surface area (TPSA) is 21.7 Å². The minimum absolute atomic E-state index is 0.604. The van der Waals surface area contributed by atoms with Crippen molar-refractivity contribution >= 4 is 0 Å². The Morgan fingerprint density at radius 2 is 1.23 bits per heavy atom. The van der Waals surface area contributed by atoms with Crippen molar-refractivity contribution < 1.29 is 9.47 Å². The van der Waals surface area contributed by atoms with Crippen molar-refractivity contribution in [2.45, 2.75) is 24.5 Å². The van der Waals surface area contributed by atoms with Gasteiger partial charge in [0.2, 0.25) is 0 Å². The summed E-state index contributed by atoms with van der Waals surface area (Å²) in [5, 5.41) is 0. The Hall–Kier alpha value is -2.46. The summed E-state index contributed by atoms with van der Waals surface area (Å²) < 4.78 is 12.5. The molecule has 1 aliphatic heterocycles. The average Bonchev–Trinajstić information content (AvgIpc) is 3.64. The van der Waals surface area contributed by atoms with E-state index in [0.717, 1.165) is 45.2 Å². The third-order valence-corrected chi connectivity index (χ3v) is 6.75. The first kappa shape index (κ1) is 20.4. The van der Waals surface area contributed by atoms with E-state index < -0.39 is 5.60 Å². The highest BCUT2D eigenvalue weighted by molar-refractivity contribution is 5.47. The van der Waals surface area contributed by atoms with Crippen molar-refractivity contribution in [3.8, 4) is 0 Å². The van der Waals surface area contributed by atoms with Crippen LogP contribution in [-0.2, 0) is 15.1 Å². The molecule has 0 N–H and O–H groups in total. The highest BCUT2D eigenvalue weighted by Gasteiger charge is 2.43. The molecule has 1 saturated heterocycles. The number of hydrogen-bond acceptors (Lipinski definition) is 3. The van der Waals surface area contributed by atoms with Crippen molar-refractivity contribution in [2.24, 2.45) is 5.92 Å². The van der Waals surface area contributed by atoms with E-state index in [1.165, 1.54) is 23.1 Å². The van der Waals surface area contributed by atoms with Crippen LogP contribution in [0.1, 0.15) is 29.5 Å². The smallest absolute Gasteiger partial charge is 0.143 e. The molecule has 0 unspecified atom stereocenters. The van der Waals surface area contributed by atoms with E-state index in [-0.39, 0.29) is 0 Å². The van der Waals surface area contributed by atoms with Crippen molar-refractivity contribution in [3.63, 3.8) is 0 Å². The van der Waals surface area contributed by atoms with E-state index >= 15 is 0 Å². The molecule has 2 fully saturated rings. The number of rotatable bonds is 8. The minimum atomic E-state index is -0.604. The molecule has 2 aliphatic rings. The zero-order valence-electron chi connectivity index (χ0n) is 18.0. The molecule has 2 atom stereocenters. The molecule has 1 heterocycles. The fourth-order valence-corrected chi connectivity index (χ4v) is 5.03. The Bertz CT molecular complexity index is 842. The Balaban J connectivity index is 1.40. The lowest BCUT2D eigenvalue weighted by molar-refractivity contribution is 0.00566. The summed E-state index contributed by atoms with van der Waals surface area (Å²) in [5.74, 6) is 0.734. The highest BCUT2D eigenvalue weighted by atomic mass is 16.5. The molecular weight excluding hydrogens is 382 g/mol. The second-order valence-electron chi connectivity index (χ2n) is 8.63. The molecule has 5 rings (SSSR count). The average molecular weight is 414 g/mol. The fraction of sp³-hybridized carbons (Fsp3) is 0.357. The van der Waals surface area contributed by atoms with Gasteiger partial charge in [0.25, 0.3) is 0 Å². The van der Waals surface area contributed by atoms with Gasteiger partial charge < -0.3 is 9.47 Å². The largest absolute Gasteiger partial charge is 0.379 e. The van der Waals surface area contributed by atoms with Crippen molar-refractivity contribution in [1.29, 1.82) is 0 Å². The zero-order chi connectivity index (χ0) is 20.9. The maximum Gasteiger partial charge on any atom is 0.143 e. The van der Waals surface area contributed by atoms with Crippen LogP contribution in [0.3, 0.4) is 0 Å². The van der Waals surface area contributed by atoms with Crippen LogP contribution in [0.25, 0.3) is 0 Å². The monoisotopic (exact) mass is 413 g/mol. The van der Waals surface area contributed by atoms with Crippen molar-refractivity contribution in [1.82, 2.24) is 4.90 Å². The van der Waals surface area contributed by atoms with Crippen LogP contribution in [0, 0.1) is 5.92 Å². The van der Waals surface area contributed by atoms with E-state index in [1.807, 2.05) is 0 Å². The summed E-state index contributed by atoms with van der Waals surface area (Å²) in [5.41, 5.74) is 2.92. The number of morpholine rings is 1. The predicted molar refractivity (Wildman–Crippen MR) is 124 cm³/mol. The maximum absolute atomic E-state index is 6.93. The molecular formula is C28H31NO2. The van der Waals surface area contributed by atoms with Crippen LogP contribution < -0.4 is 0 Å². The molecule has 0 amide bonds. The lowest BCUT2D eigenvalue weighted by Crippen LogP contribution is -2.38. The molecule has 0 radical (unpaired) electrons. The van der Waals surface area contributed by atoms with Gasteiger partial charge in [0.1, 0.15) is 5.60 Å². The number of hydrogen-bond donors (Lipinski definition) is 0. The molecule has 3 aromatic carbocycles. The van der Waals surface area contributed by atoms with Crippen LogP contribution >= 0.6 is 0 Å². The van der Waals surface area contributed by atoms with Gasteiger partial charge in [-0.05, 0) is 35.4 Å². The quantitative estimate of drug-likeness (QED) is 0.479. The van der Waals surface area contributed by atoms with Gasteiger partial charge in [-0.1, -0.05) is 91.0 Å². The third-order valence-electron chi connectivity index (χ3n) is 6.75. The lowest BCUT2D eigenvalue weighted by atomic mass is 9.80. The van der Waals surface area contributed by atoms with Gasteiger partial charge in [0.05, 0.1) is 13.2 Å². The van der Waals surface area contributed by atoms with Gasteiger partial charge >= 0.3 is 0 Å². The normalized spacial score (nSPS) is 21.7. The lowest BCUT2D eigenvalue weighted by Gasteiger charge is -2.36. The molecule has 0 bridgehead atoms. The highest BCUT2D eigenvalue weighted by Crippen LogP contribution is 2.43. The molecule has 3 heteroatoms. The summed E-state index contributed by atoms with van der Waals surface area (Å²) in [6, 6.07) is 32.7. The van der Waals surface area contributed by atoms with E-state index in [2.05, 4.69) is 95.9 Å². The predicted octanol–water partition coefficient (Wildman–Crippen LogP) is 5.11. The van der Waals surface area contributed by atoms with Crippen molar-refractivity contribution in [2.75, 3.05) is 32.9 Å². The fourth-order valence-electron chi connectivity index (χ4n) is 5.03. The first-order chi connectivity index (χ1) is 15.4. The molecule has 0 aromatic heterocycles. The third kappa shape index (κ3) is 4.31. The van der Waals surface area contributed by atoms with E-state index in [1.54, 1.807) is 0 Å². The second-order valence-corrected chi connectivity index (χ2v) is 8.63. The summed E-state index contributed by atoms with van der Waals surface area (Å²) in [6.45, 7) is 4.63. The van der Waals surface area contributed by atoms with Gasteiger partial charge in [-0.25, -0.2) is 0 Å². The minimum Gasteiger partial charge on any atom is -0.379 e. The number of ether oxygens (including phenoxy) is 2. The van der Waals surface area contributed by atoms with E-state index in [9.17, 15) is 0 Å². The summed E-state index contributed by atoms with van der Waals surface area (Å²) in [7, 11) is 0. The molecule has 3 nitrogen and oxygen atoms in total. The van der Waals surface area contributed by atoms with Crippen molar-refractivity contribution in [3.05, 3.63) is 108 Å². The summed E-state index contributed by atoms with van der Waals surface area (Å²) in [6.07, 6.45) is 2.38. The Morgan fingerprint density at radius 1 is 0.742 bits per heavy atom. The van der Waals surface area contributed by atoms with Crippen LogP contribution in [0.4, 0.5) is 0 Å². The van der Waals surface area contributed by atoms with Crippen LogP contribution in [-0.4, -0.2) is 43.9 Å². The molecule has 1 saturated carbocycles.